The fourth-order valence-corrected chi connectivity index (χ4v) is 8.46. The number of aliphatic carboxylic acids is 1. The summed E-state index contributed by atoms with van der Waals surface area (Å²) in [5.41, 5.74) is 0. The van der Waals surface area contributed by atoms with E-state index in [1.807, 2.05) is 18.2 Å². The molecular formula is C22H22O2Si. The molecule has 2 nitrogen and oxygen atoms in total. The molecule has 0 unspecified atom stereocenters. The molecule has 0 saturated carbocycles. The molecule has 3 rings (SSSR count). The van der Waals surface area contributed by atoms with Gasteiger partial charge in [-0.25, -0.2) is 0 Å². The van der Waals surface area contributed by atoms with Crippen molar-refractivity contribution in [2.24, 2.45) is 0 Å². The highest BCUT2D eigenvalue weighted by molar-refractivity contribution is 7.11. The Balaban J connectivity index is 2.18. The Kier molecular flexibility index (Phi) is 5.46. The van der Waals surface area contributed by atoms with Crippen molar-refractivity contribution >= 4 is 29.6 Å². The molecule has 1 N–H and O–H groups in total. The van der Waals surface area contributed by atoms with E-state index in [4.69, 9.17) is 5.11 Å². The second-order valence-corrected chi connectivity index (χ2v) is 10.3. The van der Waals surface area contributed by atoms with Crippen LogP contribution in [0.2, 0.25) is 6.04 Å². The topological polar surface area (TPSA) is 37.3 Å². The van der Waals surface area contributed by atoms with E-state index >= 15 is 0 Å². The third-order valence-electron chi connectivity index (χ3n) is 4.74. The number of hydrogen-bond acceptors (Lipinski definition) is 1. The first-order chi connectivity index (χ1) is 12.2. The van der Waals surface area contributed by atoms with E-state index in [0.717, 1.165) is 6.04 Å². The van der Waals surface area contributed by atoms with Gasteiger partial charge in [0.25, 0.3) is 0 Å². The Bertz CT molecular complexity index is 705. The summed E-state index contributed by atoms with van der Waals surface area (Å²) in [5, 5.41) is 13.1. The minimum Gasteiger partial charge on any atom is -0.481 e. The fraction of sp³-hybridized carbons (Fsp3) is 0.136. The predicted molar refractivity (Wildman–Crippen MR) is 106 cm³/mol. The molecule has 0 atom stereocenters. The van der Waals surface area contributed by atoms with Crippen LogP contribution >= 0.6 is 0 Å². The first kappa shape index (κ1) is 17.2. The van der Waals surface area contributed by atoms with Crippen LogP contribution in [0.25, 0.3) is 0 Å². The lowest BCUT2D eigenvalue weighted by Gasteiger charge is -2.33. The first-order valence-corrected chi connectivity index (χ1v) is 10.8. The molecular weight excluding hydrogens is 324 g/mol. The van der Waals surface area contributed by atoms with Crippen molar-refractivity contribution in [3.05, 3.63) is 91.0 Å². The van der Waals surface area contributed by atoms with Crippen LogP contribution < -0.4 is 15.6 Å². The standard InChI is InChI=1S/C22H22O2Si/c23-22(24)17-10-18-25(19-11-4-1-5-12-19,20-13-6-2-7-14-20)21-15-8-3-9-16-21/h1-9,11-16H,10,17-18H2,(H,23,24). The van der Waals surface area contributed by atoms with Gasteiger partial charge in [0, 0.05) is 6.42 Å². The Morgan fingerprint density at radius 2 is 1.04 bits per heavy atom. The number of rotatable bonds is 7. The first-order valence-electron chi connectivity index (χ1n) is 8.62. The second-order valence-electron chi connectivity index (χ2n) is 6.25. The zero-order valence-electron chi connectivity index (χ0n) is 14.1. The van der Waals surface area contributed by atoms with Crippen LogP contribution in [0.15, 0.2) is 91.0 Å². The van der Waals surface area contributed by atoms with Crippen LogP contribution in [0.1, 0.15) is 12.8 Å². The zero-order chi connectivity index (χ0) is 17.5. The molecule has 0 aliphatic rings. The lowest BCUT2D eigenvalue weighted by Crippen LogP contribution is -2.66. The molecule has 0 aromatic heterocycles. The predicted octanol–water partition coefficient (Wildman–Crippen LogP) is 3.02. The van der Waals surface area contributed by atoms with Crippen LogP contribution in [0.3, 0.4) is 0 Å². The number of hydrogen-bond donors (Lipinski definition) is 1. The summed E-state index contributed by atoms with van der Waals surface area (Å²) >= 11 is 0. The van der Waals surface area contributed by atoms with E-state index in [2.05, 4.69) is 72.8 Å². The maximum atomic E-state index is 11.1. The van der Waals surface area contributed by atoms with Crippen molar-refractivity contribution in [3.8, 4) is 0 Å². The Morgan fingerprint density at radius 1 is 0.680 bits per heavy atom. The van der Waals surface area contributed by atoms with Crippen molar-refractivity contribution in [3.63, 3.8) is 0 Å². The van der Waals surface area contributed by atoms with E-state index in [-0.39, 0.29) is 6.42 Å². The summed E-state index contributed by atoms with van der Waals surface area (Å²) in [4.78, 5) is 11.1. The molecule has 0 aliphatic carbocycles. The van der Waals surface area contributed by atoms with E-state index in [1.54, 1.807) is 0 Å². The van der Waals surface area contributed by atoms with Gasteiger partial charge in [0.1, 0.15) is 8.07 Å². The molecule has 25 heavy (non-hydrogen) atoms. The maximum Gasteiger partial charge on any atom is 0.303 e. The van der Waals surface area contributed by atoms with Crippen molar-refractivity contribution in [1.29, 1.82) is 0 Å². The van der Waals surface area contributed by atoms with E-state index < -0.39 is 14.0 Å². The third kappa shape index (κ3) is 3.72. The normalized spacial score (nSPS) is 11.2. The second kappa shape index (κ2) is 7.95. The maximum absolute atomic E-state index is 11.1. The lowest BCUT2D eigenvalue weighted by molar-refractivity contribution is -0.137. The van der Waals surface area contributed by atoms with E-state index in [9.17, 15) is 4.79 Å². The molecule has 3 heteroatoms. The number of carboxylic acid groups (broad SMARTS) is 1. The van der Waals surface area contributed by atoms with Crippen LogP contribution in [0, 0.1) is 0 Å². The molecule has 3 aromatic carbocycles. The molecule has 0 saturated heterocycles. The Labute approximate surface area is 149 Å². The molecule has 3 aromatic rings. The molecule has 0 spiro atoms. The van der Waals surface area contributed by atoms with Crippen LogP contribution in [-0.4, -0.2) is 19.1 Å². The van der Waals surface area contributed by atoms with Crippen molar-refractivity contribution in [1.82, 2.24) is 0 Å². The van der Waals surface area contributed by atoms with Gasteiger partial charge in [0.15, 0.2) is 0 Å². The van der Waals surface area contributed by atoms with E-state index in [0.29, 0.717) is 6.42 Å². The van der Waals surface area contributed by atoms with Crippen molar-refractivity contribution in [2.45, 2.75) is 18.9 Å². The third-order valence-corrected chi connectivity index (χ3v) is 9.80. The number of carbonyl (C=O) groups is 1. The van der Waals surface area contributed by atoms with Gasteiger partial charge >= 0.3 is 5.97 Å². The Hall–Kier alpha value is -2.65. The molecule has 0 fully saturated rings. The van der Waals surface area contributed by atoms with Gasteiger partial charge in [0.2, 0.25) is 0 Å². The smallest absolute Gasteiger partial charge is 0.303 e. The summed E-state index contributed by atoms with van der Waals surface area (Å²) in [6.45, 7) is 0. The average Bonchev–Trinajstić information content (AvgIpc) is 2.67. The van der Waals surface area contributed by atoms with Crippen LogP contribution in [-0.2, 0) is 4.79 Å². The summed E-state index contributed by atoms with van der Waals surface area (Å²) < 4.78 is 0. The zero-order valence-corrected chi connectivity index (χ0v) is 15.1. The quantitative estimate of drug-likeness (QED) is 0.527. The minimum atomic E-state index is -2.25. The van der Waals surface area contributed by atoms with Crippen LogP contribution in [0.4, 0.5) is 0 Å². The van der Waals surface area contributed by atoms with Gasteiger partial charge in [-0.3, -0.25) is 4.79 Å². The monoisotopic (exact) mass is 346 g/mol. The SMILES string of the molecule is O=C(O)CCC[Si](c1ccccc1)(c1ccccc1)c1ccccc1. The van der Waals surface area contributed by atoms with Gasteiger partial charge in [-0.15, -0.1) is 0 Å². The molecule has 0 amide bonds. The van der Waals surface area contributed by atoms with E-state index in [1.165, 1.54) is 15.6 Å². The summed E-state index contributed by atoms with van der Waals surface area (Å²) in [7, 11) is -2.25. The molecule has 0 heterocycles. The van der Waals surface area contributed by atoms with Gasteiger partial charge in [0.05, 0.1) is 0 Å². The van der Waals surface area contributed by atoms with Gasteiger partial charge in [-0.2, -0.15) is 0 Å². The minimum absolute atomic E-state index is 0.210. The lowest BCUT2D eigenvalue weighted by atomic mass is 10.3. The molecule has 0 bridgehead atoms. The molecule has 126 valence electrons. The van der Waals surface area contributed by atoms with Crippen LogP contribution in [0.5, 0.6) is 0 Å². The van der Waals surface area contributed by atoms with Crippen molar-refractivity contribution < 1.29 is 9.90 Å². The molecule has 0 aliphatic heterocycles. The number of benzene rings is 3. The average molecular weight is 347 g/mol. The molecule has 0 radical (unpaired) electrons. The number of carboxylic acids is 1. The fourth-order valence-electron chi connectivity index (χ4n) is 3.61. The summed E-state index contributed by atoms with van der Waals surface area (Å²) in [6, 6.07) is 32.7. The highest BCUT2D eigenvalue weighted by Gasteiger charge is 2.38. The Morgan fingerprint density at radius 3 is 1.36 bits per heavy atom. The largest absolute Gasteiger partial charge is 0.481 e. The van der Waals surface area contributed by atoms with Gasteiger partial charge in [-0.1, -0.05) is 91.0 Å². The van der Waals surface area contributed by atoms with Crippen molar-refractivity contribution in [2.75, 3.05) is 0 Å². The van der Waals surface area contributed by atoms with Gasteiger partial charge in [-0.05, 0) is 28.0 Å². The summed E-state index contributed by atoms with van der Waals surface area (Å²) in [5.74, 6) is -0.725. The van der Waals surface area contributed by atoms with Gasteiger partial charge < -0.3 is 5.11 Å². The summed E-state index contributed by atoms with van der Waals surface area (Å²) in [6.07, 6.45) is 0.890. The highest BCUT2D eigenvalue weighted by Crippen LogP contribution is 2.16. The highest BCUT2D eigenvalue weighted by atomic mass is 28.3.